The summed E-state index contributed by atoms with van der Waals surface area (Å²) in [6.07, 6.45) is 10.9. The van der Waals surface area contributed by atoms with Gasteiger partial charge in [0.2, 0.25) is 0 Å². The van der Waals surface area contributed by atoms with Crippen LogP contribution in [0.5, 0.6) is 0 Å². The number of furan rings is 1. The largest absolute Gasteiger partial charge is 0.461 e. The van der Waals surface area contributed by atoms with Crippen molar-refractivity contribution in [2.24, 2.45) is 5.92 Å². The number of piperidine rings is 1. The van der Waals surface area contributed by atoms with Gasteiger partial charge in [0.05, 0.1) is 6.26 Å². The zero-order valence-corrected chi connectivity index (χ0v) is 15.1. The maximum atomic E-state index is 5.35. The van der Waals surface area contributed by atoms with E-state index in [1.165, 1.54) is 57.4 Å². The Morgan fingerprint density at radius 3 is 2.48 bits per heavy atom. The molecule has 0 N–H and O–H groups in total. The first-order valence-corrected chi connectivity index (χ1v) is 9.61. The van der Waals surface area contributed by atoms with Gasteiger partial charge in [-0.05, 0) is 76.8 Å². The third kappa shape index (κ3) is 3.93. The first-order chi connectivity index (χ1) is 12.3. The molecule has 2 aromatic rings. The predicted octanol–water partition coefficient (Wildman–Crippen LogP) is 3.43. The minimum Gasteiger partial charge on any atom is -0.461 e. The molecule has 4 rings (SSSR count). The summed E-state index contributed by atoms with van der Waals surface area (Å²) in [5.74, 6) is 2.24. The van der Waals surface area contributed by atoms with E-state index < -0.39 is 0 Å². The Kier molecular flexibility index (Phi) is 5.13. The van der Waals surface area contributed by atoms with Crippen molar-refractivity contribution >= 4 is 0 Å². The van der Waals surface area contributed by atoms with Crippen molar-refractivity contribution in [1.29, 1.82) is 0 Å². The molecule has 4 heterocycles. The second-order valence-corrected chi connectivity index (χ2v) is 7.49. The van der Waals surface area contributed by atoms with Gasteiger partial charge in [-0.25, -0.2) is 9.97 Å². The van der Waals surface area contributed by atoms with Crippen molar-refractivity contribution in [3.05, 3.63) is 36.4 Å². The lowest BCUT2D eigenvalue weighted by atomic mass is 9.89. The molecule has 0 saturated carbocycles. The third-order valence-electron chi connectivity index (χ3n) is 5.88. The van der Waals surface area contributed by atoms with E-state index >= 15 is 0 Å². The molecule has 0 amide bonds. The topological polar surface area (TPSA) is 45.4 Å². The molecule has 2 fully saturated rings. The highest BCUT2D eigenvalue weighted by atomic mass is 16.3. The molecule has 134 valence electrons. The van der Waals surface area contributed by atoms with E-state index in [2.05, 4.69) is 26.7 Å². The highest BCUT2D eigenvalue weighted by molar-refractivity contribution is 5.45. The lowest BCUT2D eigenvalue weighted by molar-refractivity contribution is 0.108. The predicted molar refractivity (Wildman–Crippen MR) is 98.0 cm³/mol. The van der Waals surface area contributed by atoms with Crippen LogP contribution in [0, 0.1) is 5.92 Å². The van der Waals surface area contributed by atoms with Crippen LogP contribution in [0.2, 0.25) is 0 Å². The zero-order chi connectivity index (χ0) is 17.1. The lowest BCUT2D eigenvalue weighted by Gasteiger charge is -2.38. The maximum Gasteiger partial charge on any atom is 0.195 e. The molecule has 0 spiro atoms. The van der Waals surface area contributed by atoms with Crippen molar-refractivity contribution in [2.45, 2.75) is 45.2 Å². The van der Waals surface area contributed by atoms with Crippen LogP contribution in [0.4, 0.5) is 0 Å². The quantitative estimate of drug-likeness (QED) is 0.834. The Morgan fingerprint density at radius 1 is 1.12 bits per heavy atom. The Hall–Kier alpha value is -1.72. The van der Waals surface area contributed by atoms with Gasteiger partial charge in [-0.3, -0.25) is 4.90 Å². The van der Waals surface area contributed by atoms with Gasteiger partial charge in [-0.1, -0.05) is 0 Å². The van der Waals surface area contributed by atoms with Gasteiger partial charge in [-0.15, -0.1) is 0 Å². The first kappa shape index (κ1) is 16.7. The fourth-order valence-corrected chi connectivity index (χ4v) is 4.27. The van der Waals surface area contributed by atoms with Crippen LogP contribution in [-0.4, -0.2) is 52.0 Å². The lowest BCUT2D eigenvalue weighted by Crippen LogP contribution is -2.42. The summed E-state index contributed by atoms with van der Waals surface area (Å²) in [6.45, 7) is 8.36. The monoisotopic (exact) mass is 340 g/mol. The molecule has 2 aromatic heterocycles. The summed E-state index contributed by atoms with van der Waals surface area (Å²) >= 11 is 0. The molecule has 0 bridgehead atoms. The van der Waals surface area contributed by atoms with Gasteiger partial charge in [-0.2, -0.15) is 0 Å². The Bertz CT molecular complexity index is 641. The Morgan fingerprint density at radius 2 is 1.84 bits per heavy atom. The summed E-state index contributed by atoms with van der Waals surface area (Å²) in [6, 6.07) is 4.50. The van der Waals surface area contributed by atoms with Gasteiger partial charge in [0.1, 0.15) is 0 Å². The SMILES string of the molecule is C[C@@H](C1CCN(Cc2cnc(-c3ccco3)nc2)CC1)N1CCCC1. The van der Waals surface area contributed by atoms with E-state index in [9.17, 15) is 0 Å². The molecule has 2 aliphatic heterocycles. The highest BCUT2D eigenvalue weighted by Crippen LogP contribution is 2.27. The maximum absolute atomic E-state index is 5.35. The van der Waals surface area contributed by atoms with Crippen LogP contribution < -0.4 is 0 Å². The average molecular weight is 340 g/mol. The molecule has 5 nitrogen and oxygen atoms in total. The fraction of sp³-hybridized carbons (Fsp3) is 0.600. The molecule has 2 aliphatic rings. The number of rotatable bonds is 5. The summed E-state index contributed by atoms with van der Waals surface area (Å²) in [4.78, 5) is 14.1. The molecule has 5 heteroatoms. The van der Waals surface area contributed by atoms with E-state index in [-0.39, 0.29) is 0 Å². The van der Waals surface area contributed by atoms with Crippen molar-refractivity contribution in [3.63, 3.8) is 0 Å². The molecule has 2 saturated heterocycles. The summed E-state index contributed by atoms with van der Waals surface area (Å²) < 4.78 is 5.35. The summed E-state index contributed by atoms with van der Waals surface area (Å²) in [5.41, 5.74) is 1.18. The van der Waals surface area contributed by atoms with E-state index in [4.69, 9.17) is 4.42 Å². The van der Waals surface area contributed by atoms with Crippen LogP contribution in [-0.2, 0) is 6.54 Å². The molecular formula is C20H28N4O. The first-order valence-electron chi connectivity index (χ1n) is 9.61. The number of hydrogen-bond donors (Lipinski definition) is 0. The smallest absolute Gasteiger partial charge is 0.195 e. The number of likely N-dealkylation sites (tertiary alicyclic amines) is 2. The van der Waals surface area contributed by atoms with Crippen LogP contribution in [0.3, 0.4) is 0 Å². The Labute approximate surface area is 150 Å². The van der Waals surface area contributed by atoms with E-state index in [0.29, 0.717) is 5.82 Å². The third-order valence-corrected chi connectivity index (χ3v) is 5.88. The van der Waals surface area contributed by atoms with Gasteiger partial charge in [0.25, 0.3) is 0 Å². The van der Waals surface area contributed by atoms with Crippen LogP contribution in [0.1, 0.15) is 38.2 Å². The average Bonchev–Trinajstić information content (AvgIpc) is 3.36. The summed E-state index contributed by atoms with van der Waals surface area (Å²) in [7, 11) is 0. The van der Waals surface area contributed by atoms with Crippen LogP contribution in [0.25, 0.3) is 11.6 Å². The second-order valence-electron chi connectivity index (χ2n) is 7.49. The highest BCUT2D eigenvalue weighted by Gasteiger charge is 2.28. The molecule has 0 radical (unpaired) electrons. The molecule has 25 heavy (non-hydrogen) atoms. The van der Waals surface area contributed by atoms with E-state index in [1.54, 1.807) is 6.26 Å². The molecule has 0 aliphatic carbocycles. The molecule has 0 aromatic carbocycles. The summed E-state index contributed by atoms with van der Waals surface area (Å²) in [5, 5.41) is 0. The molecule has 0 unspecified atom stereocenters. The van der Waals surface area contributed by atoms with Crippen molar-refractivity contribution < 1.29 is 4.42 Å². The number of hydrogen-bond acceptors (Lipinski definition) is 5. The van der Waals surface area contributed by atoms with Gasteiger partial charge >= 0.3 is 0 Å². The molecule has 1 atom stereocenters. The van der Waals surface area contributed by atoms with Gasteiger partial charge in [0.15, 0.2) is 11.6 Å². The number of aromatic nitrogens is 2. The van der Waals surface area contributed by atoms with Gasteiger partial charge in [0, 0.05) is 30.5 Å². The normalized spacial score (nSPS) is 21.6. The minimum atomic E-state index is 0.659. The van der Waals surface area contributed by atoms with E-state index in [1.807, 2.05) is 24.5 Å². The van der Waals surface area contributed by atoms with Crippen LogP contribution in [0.15, 0.2) is 35.2 Å². The minimum absolute atomic E-state index is 0.659. The Balaban J connectivity index is 1.28. The second kappa shape index (κ2) is 7.67. The van der Waals surface area contributed by atoms with Gasteiger partial charge < -0.3 is 9.32 Å². The molecular weight excluding hydrogens is 312 g/mol. The van der Waals surface area contributed by atoms with Crippen LogP contribution >= 0.6 is 0 Å². The van der Waals surface area contributed by atoms with Crippen molar-refractivity contribution in [2.75, 3.05) is 26.2 Å². The fourth-order valence-electron chi connectivity index (χ4n) is 4.27. The van der Waals surface area contributed by atoms with E-state index in [0.717, 1.165) is 24.3 Å². The number of nitrogens with zero attached hydrogens (tertiary/aromatic N) is 4. The van der Waals surface area contributed by atoms with Crippen molar-refractivity contribution in [1.82, 2.24) is 19.8 Å². The standard InChI is InChI=1S/C20H28N4O/c1-16(24-8-2-3-9-24)18-6-10-23(11-7-18)15-17-13-21-20(22-14-17)19-5-4-12-25-19/h4-5,12-14,16,18H,2-3,6-11,15H2,1H3/t16-/m0/s1. The zero-order valence-electron chi connectivity index (χ0n) is 15.1. The van der Waals surface area contributed by atoms with Crippen molar-refractivity contribution in [3.8, 4) is 11.6 Å².